The number of Topliss-reactive ketones (excluding diaryl/α,β-unsaturated/α-hetero) is 1. The van der Waals surface area contributed by atoms with Crippen molar-refractivity contribution in [3.8, 4) is 0 Å². The number of hydrogen-bond acceptors (Lipinski definition) is 3. The second kappa shape index (κ2) is 6.06. The van der Waals surface area contributed by atoms with Crippen LogP contribution in [0.5, 0.6) is 0 Å². The molecule has 1 aliphatic rings. The molecule has 2 atom stereocenters. The number of halogens is 1. The van der Waals surface area contributed by atoms with E-state index in [0.717, 1.165) is 35.2 Å². The molecule has 1 aromatic carbocycles. The van der Waals surface area contributed by atoms with E-state index in [1.54, 1.807) is 14.0 Å². The second-order valence-electron chi connectivity index (χ2n) is 5.21. The Morgan fingerprint density at radius 1 is 1.47 bits per heavy atom. The van der Waals surface area contributed by atoms with Gasteiger partial charge in [-0.1, -0.05) is 6.92 Å². The number of carbonyl (C=O) groups excluding carboxylic acids is 1. The zero-order valence-electron chi connectivity index (χ0n) is 11.6. The molecule has 4 heteroatoms. The Balaban J connectivity index is 2.20. The number of anilines is 1. The summed E-state index contributed by atoms with van der Waals surface area (Å²) in [7, 11) is 1.78. The molecule has 1 aromatic rings. The molecule has 1 saturated heterocycles. The van der Waals surface area contributed by atoms with E-state index in [1.165, 1.54) is 0 Å². The predicted octanol–water partition coefficient (Wildman–Crippen LogP) is 3.51. The van der Waals surface area contributed by atoms with Gasteiger partial charge >= 0.3 is 0 Å². The molecule has 3 nitrogen and oxygen atoms in total. The average Bonchev–Trinajstić information content (AvgIpc) is 2.39. The number of ether oxygens (including phenoxy) is 1. The van der Waals surface area contributed by atoms with Gasteiger partial charge in [0.2, 0.25) is 0 Å². The highest BCUT2D eigenvalue weighted by molar-refractivity contribution is 9.10. The van der Waals surface area contributed by atoms with Gasteiger partial charge in [0, 0.05) is 30.2 Å². The number of methoxy groups -OCH3 is 1. The molecule has 2 rings (SSSR count). The molecule has 1 fully saturated rings. The van der Waals surface area contributed by atoms with Crippen LogP contribution in [-0.4, -0.2) is 32.1 Å². The van der Waals surface area contributed by atoms with Crippen LogP contribution in [0.4, 0.5) is 5.69 Å². The monoisotopic (exact) mass is 325 g/mol. The van der Waals surface area contributed by atoms with E-state index >= 15 is 0 Å². The average molecular weight is 326 g/mol. The molecule has 19 heavy (non-hydrogen) atoms. The van der Waals surface area contributed by atoms with E-state index in [9.17, 15) is 4.79 Å². The third-order valence-electron chi connectivity index (χ3n) is 3.89. The number of benzene rings is 1. The van der Waals surface area contributed by atoms with Gasteiger partial charge in [0.05, 0.1) is 11.8 Å². The van der Waals surface area contributed by atoms with Crippen LogP contribution in [0.2, 0.25) is 0 Å². The molecule has 0 spiro atoms. The highest BCUT2D eigenvalue weighted by atomic mass is 79.9. The third kappa shape index (κ3) is 3.18. The van der Waals surface area contributed by atoms with Gasteiger partial charge in [-0.05, 0) is 53.4 Å². The van der Waals surface area contributed by atoms with E-state index in [2.05, 4.69) is 27.8 Å². The highest BCUT2D eigenvalue weighted by Gasteiger charge is 2.27. The number of hydrogen-bond donors (Lipinski definition) is 0. The summed E-state index contributed by atoms with van der Waals surface area (Å²) in [6.45, 7) is 5.75. The minimum absolute atomic E-state index is 0.0919. The number of nitrogens with zero attached hydrogens (tertiary/aromatic N) is 1. The number of ketones is 1. The Morgan fingerprint density at radius 3 is 2.79 bits per heavy atom. The van der Waals surface area contributed by atoms with Gasteiger partial charge in [0.1, 0.15) is 0 Å². The first-order valence-corrected chi connectivity index (χ1v) is 7.40. The first kappa shape index (κ1) is 14.5. The van der Waals surface area contributed by atoms with Crippen molar-refractivity contribution >= 4 is 27.4 Å². The standard InChI is InChI=1S/C15H20BrNO2/c1-10-6-7-17(9-15(10)19-3)14-5-4-12(11(2)18)8-13(14)16/h4-5,8,10,15H,6-7,9H2,1-3H3. The molecule has 0 aromatic heterocycles. The Bertz CT molecular complexity index is 475. The van der Waals surface area contributed by atoms with Crippen LogP contribution >= 0.6 is 15.9 Å². The fourth-order valence-electron chi connectivity index (χ4n) is 2.54. The van der Waals surface area contributed by atoms with Crippen LogP contribution < -0.4 is 4.90 Å². The minimum Gasteiger partial charge on any atom is -0.379 e. The molecular weight excluding hydrogens is 306 g/mol. The van der Waals surface area contributed by atoms with Crippen LogP contribution in [0.15, 0.2) is 22.7 Å². The van der Waals surface area contributed by atoms with E-state index in [0.29, 0.717) is 5.92 Å². The fourth-order valence-corrected chi connectivity index (χ4v) is 3.17. The van der Waals surface area contributed by atoms with Gasteiger partial charge in [0.15, 0.2) is 5.78 Å². The first-order chi connectivity index (χ1) is 9.02. The lowest BCUT2D eigenvalue weighted by atomic mass is 9.95. The van der Waals surface area contributed by atoms with Crippen LogP contribution in [0.25, 0.3) is 0 Å². The van der Waals surface area contributed by atoms with Gasteiger partial charge in [-0.3, -0.25) is 4.79 Å². The summed E-state index contributed by atoms with van der Waals surface area (Å²) in [5.74, 6) is 0.686. The SMILES string of the molecule is COC1CN(c2ccc(C(C)=O)cc2Br)CCC1C. The molecule has 0 bridgehead atoms. The van der Waals surface area contributed by atoms with Crippen LogP contribution in [-0.2, 0) is 4.74 Å². The summed E-state index contributed by atoms with van der Waals surface area (Å²) in [4.78, 5) is 13.7. The maximum absolute atomic E-state index is 11.4. The van der Waals surface area contributed by atoms with Crippen molar-refractivity contribution in [1.29, 1.82) is 0 Å². The summed E-state index contributed by atoms with van der Waals surface area (Å²) < 4.78 is 6.52. The van der Waals surface area contributed by atoms with Crippen molar-refractivity contribution in [2.75, 3.05) is 25.1 Å². The lowest BCUT2D eigenvalue weighted by molar-refractivity contribution is 0.0498. The summed E-state index contributed by atoms with van der Waals surface area (Å²) in [5, 5.41) is 0. The van der Waals surface area contributed by atoms with Crippen molar-refractivity contribution in [2.24, 2.45) is 5.92 Å². The number of rotatable bonds is 3. The largest absolute Gasteiger partial charge is 0.379 e. The molecule has 0 radical (unpaired) electrons. The van der Waals surface area contributed by atoms with Gasteiger partial charge in [-0.2, -0.15) is 0 Å². The Morgan fingerprint density at radius 2 is 2.21 bits per heavy atom. The van der Waals surface area contributed by atoms with Gasteiger partial charge in [-0.15, -0.1) is 0 Å². The molecule has 1 aliphatic heterocycles. The zero-order chi connectivity index (χ0) is 14.0. The van der Waals surface area contributed by atoms with E-state index in [-0.39, 0.29) is 11.9 Å². The Hall–Kier alpha value is -0.870. The normalized spacial score (nSPS) is 23.5. The number of piperidine rings is 1. The van der Waals surface area contributed by atoms with Crippen molar-refractivity contribution in [2.45, 2.75) is 26.4 Å². The topological polar surface area (TPSA) is 29.5 Å². The number of carbonyl (C=O) groups is 1. The van der Waals surface area contributed by atoms with Crippen LogP contribution in [0, 0.1) is 5.92 Å². The lowest BCUT2D eigenvalue weighted by Gasteiger charge is -2.38. The Labute approximate surface area is 123 Å². The summed E-state index contributed by atoms with van der Waals surface area (Å²) >= 11 is 3.57. The molecule has 104 valence electrons. The van der Waals surface area contributed by atoms with Crippen molar-refractivity contribution in [1.82, 2.24) is 0 Å². The summed E-state index contributed by atoms with van der Waals surface area (Å²) in [5.41, 5.74) is 1.88. The van der Waals surface area contributed by atoms with E-state index < -0.39 is 0 Å². The summed E-state index contributed by atoms with van der Waals surface area (Å²) in [6, 6.07) is 5.81. The molecular formula is C15H20BrNO2. The molecule has 0 N–H and O–H groups in total. The smallest absolute Gasteiger partial charge is 0.159 e. The molecule has 0 saturated carbocycles. The maximum atomic E-state index is 11.4. The first-order valence-electron chi connectivity index (χ1n) is 6.61. The van der Waals surface area contributed by atoms with Crippen molar-refractivity contribution in [3.63, 3.8) is 0 Å². The fraction of sp³-hybridized carbons (Fsp3) is 0.533. The predicted molar refractivity (Wildman–Crippen MR) is 80.9 cm³/mol. The third-order valence-corrected chi connectivity index (χ3v) is 4.52. The van der Waals surface area contributed by atoms with Crippen LogP contribution in [0.1, 0.15) is 30.6 Å². The second-order valence-corrected chi connectivity index (χ2v) is 6.06. The lowest BCUT2D eigenvalue weighted by Crippen LogP contribution is -2.44. The zero-order valence-corrected chi connectivity index (χ0v) is 13.2. The molecule has 0 amide bonds. The molecule has 0 aliphatic carbocycles. The van der Waals surface area contributed by atoms with E-state index in [4.69, 9.17) is 4.74 Å². The molecule has 1 heterocycles. The highest BCUT2D eigenvalue weighted by Crippen LogP contribution is 2.31. The van der Waals surface area contributed by atoms with Gasteiger partial charge in [0.25, 0.3) is 0 Å². The van der Waals surface area contributed by atoms with Crippen LogP contribution in [0.3, 0.4) is 0 Å². The van der Waals surface area contributed by atoms with E-state index in [1.807, 2.05) is 18.2 Å². The van der Waals surface area contributed by atoms with Gasteiger partial charge in [-0.25, -0.2) is 0 Å². The van der Waals surface area contributed by atoms with Gasteiger partial charge < -0.3 is 9.64 Å². The maximum Gasteiger partial charge on any atom is 0.159 e. The Kier molecular flexibility index (Phi) is 4.63. The quantitative estimate of drug-likeness (QED) is 0.796. The van der Waals surface area contributed by atoms with Crippen molar-refractivity contribution < 1.29 is 9.53 Å². The van der Waals surface area contributed by atoms with Crippen molar-refractivity contribution in [3.05, 3.63) is 28.2 Å². The minimum atomic E-state index is 0.0919. The summed E-state index contributed by atoms with van der Waals surface area (Å²) in [6.07, 6.45) is 1.40. The molecule has 2 unspecified atom stereocenters.